The van der Waals surface area contributed by atoms with Gasteiger partial charge in [0.25, 0.3) is 0 Å². The van der Waals surface area contributed by atoms with Crippen LogP contribution >= 0.6 is 0 Å². The third kappa shape index (κ3) is 3.95. The fraction of sp³-hybridized carbons (Fsp3) is 0.370. The molecule has 2 aromatic carbocycles. The second-order valence-electron chi connectivity index (χ2n) is 9.50. The van der Waals surface area contributed by atoms with Crippen LogP contribution < -0.4 is 4.90 Å². The molecule has 5 rings (SSSR count). The molecule has 35 heavy (non-hydrogen) atoms. The van der Waals surface area contributed by atoms with Crippen molar-refractivity contribution < 1.29 is 19.0 Å². The van der Waals surface area contributed by atoms with Crippen molar-refractivity contribution >= 4 is 27.5 Å². The number of benzene rings is 2. The fourth-order valence-electron chi connectivity index (χ4n) is 4.95. The summed E-state index contributed by atoms with van der Waals surface area (Å²) in [6.45, 7) is 7.15. The van der Waals surface area contributed by atoms with Gasteiger partial charge in [0.05, 0.1) is 5.39 Å². The van der Waals surface area contributed by atoms with Crippen LogP contribution in [-0.2, 0) is 6.42 Å². The van der Waals surface area contributed by atoms with E-state index in [1.54, 1.807) is 18.3 Å². The van der Waals surface area contributed by atoms with Crippen LogP contribution in [0.5, 0.6) is 5.75 Å². The maximum absolute atomic E-state index is 16.2. The molecule has 0 spiro atoms. The Morgan fingerprint density at radius 3 is 2.66 bits per heavy atom. The minimum Gasteiger partial charge on any atom is -0.508 e. The SMILES string of the molecule is CCc1c(F)ccc2cc(O)cc(-c3ncc4c(N5CC[C@@H](CO)C5)nc(C(C)C)nc4c3F)c12. The second-order valence-corrected chi connectivity index (χ2v) is 9.50. The van der Waals surface area contributed by atoms with Gasteiger partial charge in [0, 0.05) is 43.3 Å². The maximum atomic E-state index is 16.2. The van der Waals surface area contributed by atoms with Gasteiger partial charge in [0.1, 0.15) is 34.4 Å². The molecule has 0 aliphatic carbocycles. The number of aromatic hydroxyl groups is 1. The lowest BCUT2D eigenvalue weighted by Crippen LogP contribution is -2.23. The van der Waals surface area contributed by atoms with Crippen molar-refractivity contribution in [3.8, 4) is 17.0 Å². The van der Waals surface area contributed by atoms with Crippen LogP contribution in [0.15, 0.2) is 30.5 Å². The van der Waals surface area contributed by atoms with Gasteiger partial charge in [-0.15, -0.1) is 0 Å². The lowest BCUT2D eigenvalue weighted by molar-refractivity contribution is 0.238. The summed E-state index contributed by atoms with van der Waals surface area (Å²) in [4.78, 5) is 15.8. The van der Waals surface area contributed by atoms with Crippen molar-refractivity contribution in [3.63, 3.8) is 0 Å². The molecule has 1 aliphatic heterocycles. The van der Waals surface area contributed by atoms with Crippen molar-refractivity contribution in [2.24, 2.45) is 5.92 Å². The first-order valence-corrected chi connectivity index (χ1v) is 12.0. The minimum absolute atomic E-state index is 0.00714. The van der Waals surface area contributed by atoms with Crippen LogP contribution in [0, 0.1) is 17.6 Å². The quantitative estimate of drug-likeness (QED) is 0.403. The molecule has 1 aliphatic rings. The molecule has 3 heterocycles. The highest BCUT2D eigenvalue weighted by atomic mass is 19.1. The predicted octanol–water partition coefficient (Wildman–Crippen LogP) is 5.33. The molecule has 182 valence electrons. The van der Waals surface area contributed by atoms with E-state index in [0.29, 0.717) is 58.4 Å². The standard InChI is InChI=1S/C27H28F2N4O2/c1-4-18-21(28)6-5-16-9-17(35)10-19(22(16)18)24-23(29)25-20(11-30-24)27(32-26(31-25)14(2)3)33-8-7-15(12-33)13-34/h5-6,9-11,14-15,34-35H,4,7-8,12-13H2,1-3H3/t15-/m1/s1. The molecule has 0 bridgehead atoms. The third-order valence-corrected chi connectivity index (χ3v) is 6.80. The molecule has 8 heteroatoms. The van der Waals surface area contributed by atoms with E-state index in [1.807, 2.05) is 25.7 Å². The smallest absolute Gasteiger partial charge is 0.175 e. The molecule has 0 radical (unpaired) electrons. The number of halogens is 2. The molecular formula is C27H28F2N4O2. The van der Waals surface area contributed by atoms with Crippen LogP contribution in [0.25, 0.3) is 32.9 Å². The van der Waals surface area contributed by atoms with E-state index < -0.39 is 5.82 Å². The normalized spacial score (nSPS) is 16.2. The maximum Gasteiger partial charge on any atom is 0.175 e. The molecule has 4 aromatic rings. The number of hydrogen-bond acceptors (Lipinski definition) is 6. The summed E-state index contributed by atoms with van der Waals surface area (Å²) >= 11 is 0. The van der Waals surface area contributed by atoms with Crippen LogP contribution in [0.1, 0.15) is 44.5 Å². The molecule has 1 atom stereocenters. The molecule has 2 N–H and O–H groups in total. The highest BCUT2D eigenvalue weighted by Gasteiger charge is 2.27. The lowest BCUT2D eigenvalue weighted by Gasteiger charge is -2.21. The van der Waals surface area contributed by atoms with E-state index >= 15 is 4.39 Å². The number of fused-ring (bicyclic) bond motifs is 2. The number of aliphatic hydroxyl groups excluding tert-OH is 1. The van der Waals surface area contributed by atoms with E-state index in [1.165, 1.54) is 12.1 Å². The summed E-state index contributed by atoms with van der Waals surface area (Å²) in [6.07, 6.45) is 2.79. The zero-order valence-electron chi connectivity index (χ0n) is 20.0. The van der Waals surface area contributed by atoms with Gasteiger partial charge in [-0.3, -0.25) is 4.98 Å². The van der Waals surface area contributed by atoms with Crippen LogP contribution in [-0.4, -0.2) is 44.9 Å². The van der Waals surface area contributed by atoms with Gasteiger partial charge in [-0.25, -0.2) is 18.7 Å². The fourth-order valence-corrected chi connectivity index (χ4v) is 4.95. The molecule has 0 amide bonds. The monoisotopic (exact) mass is 478 g/mol. The van der Waals surface area contributed by atoms with E-state index in [9.17, 15) is 14.6 Å². The molecule has 2 aromatic heterocycles. The summed E-state index contributed by atoms with van der Waals surface area (Å²) in [6, 6.07) is 5.90. The van der Waals surface area contributed by atoms with Crippen molar-refractivity contribution in [2.75, 3.05) is 24.6 Å². The van der Waals surface area contributed by atoms with Gasteiger partial charge in [0.2, 0.25) is 0 Å². The van der Waals surface area contributed by atoms with E-state index in [4.69, 9.17) is 4.98 Å². The average molecular weight is 479 g/mol. The lowest BCUT2D eigenvalue weighted by atomic mass is 9.94. The van der Waals surface area contributed by atoms with E-state index in [2.05, 4.69) is 9.97 Å². The Kier molecular flexibility index (Phi) is 6.01. The second kappa shape index (κ2) is 9.00. The molecule has 0 unspecified atom stereocenters. The minimum atomic E-state index is -0.635. The number of aliphatic hydroxyl groups is 1. The first-order chi connectivity index (χ1) is 16.8. The number of hydrogen-bond donors (Lipinski definition) is 2. The number of aryl methyl sites for hydroxylation is 1. The Labute approximate surface area is 202 Å². The number of anilines is 1. The predicted molar refractivity (Wildman–Crippen MR) is 133 cm³/mol. The first kappa shape index (κ1) is 23.4. The van der Waals surface area contributed by atoms with E-state index in [0.717, 1.165) is 6.42 Å². The molecular weight excluding hydrogens is 450 g/mol. The number of pyridine rings is 1. The van der Waals surface area contributed by atoms with Crippen LogP contribution in [0.2, 0.25) is 0 Å². The summed E-state index contributed by atoms with van der Waals surface area (Å²) in [5, 5.41) is 21.6. The Balaban J connectivity index is 1.78. The van der Waals surface area contributed by atoms with Gasteiger partial charge < -0.3 is 15.1 Å². The van der Waals surface area contributed by atoms with Gasteiger partial charge in [-0.05, 0) is 47.4 Å². The van der Waals surface area contributed by atoms with Crippen molar-refractivity contribution in [3.05, 3.63) is 53.5 Å². The first-order valence-electron chi connectivity index (χ1n) is 12.0. The molecule has 1 fully saturated rings. The number of phenols is 1. The number of aromatic nitrogens is 3. The third-order valence-electron chi connectivity index (χ3n) is 6.80. The number of phenolic OH excluding ortho intramolecular Hbond substituents is 1. The highest BCUT2D eigenvalue weighted by Crippen LogP contribution is 2.39. The van der Waals surface area contributed by atoms with E-state index in [-0.39, 0.29) is 41.2 Å². The average Bonchev–Trinajstić information content (AvgIpc) is 3.33. The Morgan fingerprint density at radius 1 is 1.17 bits per heavy atom. The summed E-state index contributed by atoms with van der Waals surface area (Å²) in [5.74, 6) is 0.149. The zero-order valence-corrected chi connectivity index (χ0v) is 20.0. The Morgan fingerprint density at radius 2 is 1.97 bits per heavy atom. The van der Waals surface area contributed by atoms with Crippen LogP contribution in [0.3, 0.4) is 0 Å². The number of nitrogens with zero attached hydrogens (tertiary/aromatic N) is 4. The largest absolute Gasteiger partial charge is 0.508 e. The Bertz CT molecular complexity index is 1440. The molecule has 0 saturated carbocycles. The highest BCUT2D eigenvalue weighted by molar-refractivity contribution is 6.01. The van der Waals surface area contributed by atoms with Gasteiger partial charge in [-0.2, -0.15) is 0 Å². The zero-order chi connectivity index (χ0) is 24.9. The summed E-state index contributed by atoms with van der Waals surface area (Å²) in [5.41, 5.74) is 0.912. The topological polar surface area (TPSA) is 82.4 Å². The van der Waals surface area contributed by atoms with Gasteiger partial charge in [0.15, 0.2) is 5.82 Å². The van der Waals surface area contributed by atoms with Crippen molar-refractivity contribution in [1.82, 2.24) is 15.0 Å². The van der Waals surface area contributed by atoms with Gasteiger partial charge >= 0.3 is 0 Å². The van der Waals surface area contributed by atoms with Gasteiger partial charge in [-0.1, -0.05) is 26.8 Å². The summed E-state index contributed by atoms with van der Waals surface area (Å²) < 4.78 is 30.9. The molecule has 6 nitrogen and oxygen atoms in total. The molecule has 1 saturated heterocycles. The van der Waals surface area contributed by atoms with Crippen molar-refractivity contribution in [2.45, 2.75) is 39.5 Å². The number of rotatable bonds is 5. The van der Waals surface area contributed by atoms with Crippen molar-refractivity contribution in [1.29, 1.82) is 0 Å². The summed E-state index contributed by atoms with van der Waals surface area (Å²) in [7, 11) is 0. The Hall–Kier alpha value is -3.39. The van der Waals surface area contributed by atoms with Crippen LogP contribution in [0.4, 0.5) is 14.6 Å².